The molecule has 2 aromatic heterocycles. The molecule has 7 nitrogen and oxygen atoms in total. The average molecular weight is 347 g/mol. The molecular weight excluding hydrogens is 330 g/mol. The van der Waals surface area contributed by atoms with Gasteiger partial charge in [-0.3, -0.25) is 0 Å². The van der Waals surface area contributed by atoms with Gasteiger partial charge >= 0.3 is 0 Å². The van der Waals surface area contributed by atoms with Crippen molar-refractivity contribution in [2.45, 2.75) is 36.9 Å². The lowest BCUT2D eigenvalue weighted by molar-refractivity contribution is 0.564. The second kappa shape index (κ2) is 7.51. The van der Waals surface area contributed by atoms with Crippen molar-refractivity contribution >= 4 is 33.9 Å². The highest BCUT2D eigenvalue weighted by atomic mass is 32.2. The van der Waals surface area contributed by atoms with E-state index in [0.29, 0.717) is 5.75 Å². The Kier molecular flexibility index (Phi) is 5.19. The fourth-order valence-corrected chi connectivity index (χ4v) is 3.71. The average Bonchev–Trinajstić information content (AvgIpc) is 3.15. The third kappa shape index (κ3) is 4.26. The van der Waals surface area contributed by atoms with E-state index < -0.39 is 0 Å². The number of aryl methyl sites for hydroxylation is 2. The van der Waals surface area contributed by atoms with Crippen LogP contribution in [0.25, 0.3) is 0 Å². The summed E-state index contributed by atoms with van der Waals surface area (Å²) in [5.74, 6) is 1.55. The van der Waals surface area contributed by atoms with E-state index in [4.69, 9.17) is 0 Å². The smallest absolute Gasteiger partial charge is 0.210 e. The number of benzene rings is 1. The molecule has 0 fully saturated rings. The molecule has 120 valence electrons. The van der Waals surface area contributed by atoms with Crippen LogP contribution in [0.3, 0.4) is 0 Å². The highest BCUT2D eigenvalue weighted by Gasteiger charge is 2.09. The second-order valence-corrected chi connectivity index (χ2v) is 7.17. The Balaban J connectivity index is 1.60. The molecule has 23 heavy (non-hydrogen) atoms. The summed E-state index contributed by atoms with van der Waals surface area (Å²) in [5, 5.41) is 24.2. The van der Waals surface area contributed by atoms with Gasteiger partial charge in [0.1, 0.15) is 0 Å². The molecule has 0 aliphatic rings. The Morgan fingerprint density at radius 3 is 3.00 bits per heavy atom. The number of tetrazole rings is 1. The van der Waals surface area contributed by atoms with E-state index in [-0.39, 0.29) is 0 Å². The van der Waals surface area contributed by atoms with Gasteiger partial charge in [-0.15, -0.1) is 15.3 Å². The van der Waals surface area contributed by atoms with E-state index >= 15 is 0 Å². The van der Waals surface area contributed by atoms with Crippen LogP contribution >= 0.6 is 23.1 Å². The maximum Gasteiger partial charge on any atom is 0.210 e. The third-order valence-corrected chi connectivity index (χ3v) is 5.01. The Hall–Kier alpha value is -2.00. The van der Waals surface area contributed by atoms with Gasteiger partial charge in [0.15, 0.2) is 10.2 Å². The topological polar surface area (TPSA) is 81.4 Å². The van der Waals surface area contributed by atoms with Crippen LogP contribution in [0.15, 0.2) is 28.6 Å². The summed E-state index contributed by atoms with van der Waals surface area (Å²) in [4.78, 5) is 0. The van der Waals surface area contributed by atoms with Crippen LogP contribution in [0.4, 0.5) is 10.8 Å². The first-order valence-electron chi connectivity index (χ1n) is 7.29. The molecule has 0 bridgehead atoms. The number of thioether (sulfide) groups is 1. The van der Waals surface area contributed by atoms with Gasteiger partial charge in [-0.25, -0.2) is 4.68 Å². The number of rotatable bonds is 7. The minimum absolute atomic E-state index is 0.687. The first-order chi connectivity index (χ1) is 11.2. The van der Waals surface area contributed by atoms with Crippen molar-refractivity contribution in [3.8, 4) is 0 Å². The summed E-state index contributed by atoms with van der Waals surface area (Å²) in [6.45, 7) is 5.00. The number of nitrogens with one attached hydrogen (secondary N) is 1. The van der Waals surface area contributed by atoms with Crippen molar-refractivity contribution < 1.29 is 0 Å². The van der Waals surface area contributed by atoms with Crippen LogP contribution in [-0.2, 0) is 12.3 Å². The number of anilines is 2. The van der Waals surface area contributed by atoms with E-state index in [2.05, 4.69) is 57.0 Å². The van der Waals surface area contributed by atoms with E-state index in [1.807, 2.05) is 16.8 Å². The molecule has 9 heteroatoms. The number of hydrogen-bond donors (Lipinski definition) is 1. The lowest BCUT2D eigenvalue weighted by Gasteiger charge is -2.02. The first kappa shape index (κ1) is 15.9. The molecule has 0 aliphatic carbocycles. The van der Waals surface area contributed by atoms with Crippen LogP contribution in [0, 0.1) is 6.92 Å². The fraction of sp³-hybridized carbons (Fsp3) is 0.357. The summed E-state index contributed by atoms with van der Waals surface area (Å²) >= 11 is 3.12. The zero-order chi connectivity index (χ0) is 16.1. The number of nitrogens with zero attached hydrogens (tertiary/aromatic N) is 6. The molecule has 0 unspecified atom stereocenters. The summed E-state index contributed by atoms with van der Waals surface area (Å²) in [6, 6.07) is 8.17. The largest absolute Gasteiger partial charge is 0.330 e. The fourth-order valence-electron chi connectivity index (χ4n) is 2.00. The van der Waals surface area contributed by atoms with Gasteiger partial charge in [-0.05, 0) is 41.5 Å². The molecular formula is C14H17N7S2. The second-order valence-electron chi connectivity index (χ2n) is 4.97. The monoisotopic (exact) mass is 347 g/mol. The van der Waals surface area contributed by atoms with Crippen molar-refractivity contribution in [2.24, 2.45) is 0 Å². The van der Waals surface area contributed by atoms with E-state index in [1.165, 1.54) is 16.9 Å². The number of aromatic nitrogens is 6. The minimum atomic E-state index is 0.687. The van der Waals surface area contributed by atoms with Crippen molar-refractivity contribution in [3.05, 3.63) is 35.7 Å². The maximum atomic E-state index is 4.20. The normalized spacial score (nSPS) is 10.9. The Morgan fingerprint density at radius 1 is 1.26 bits per heavy atom. The summed E-state index contributed by atoms with van der Waals surface area (Å²) in [7, 11) is 0. The van der Waals surface area contributed by atoms with Gasteiger partial charge in [0.05, 0.1) is 5.75 Å². The summed E-state index contributed by atoms with van der Waals surface area (Å²) in [5.41, 5.74) is 2.22. The molecule has 0 saturated heterocycles. The summed E-state index contributed by atoms with van der Waals surface area (Å²) in [6.07, 6.45) is 1.01. The van der Waals surface area contributed by atoms with Gasteiger partial charge in [0.2, 0.25) is 5.13 Å². The molecule has 2 heterocycles. The first-order valence-corrected chi connectivity index (χ1v) is 9.10. The molecule has 0 aliphatic heterocycles. The highest BCUT2D eigenvalue weighted by molar-refractivity contribution is 8.00. The van der Waals surface area contributed by atoms with Crippen molar-refractivity contribution in [3.63, 3.8) is 0 Å². The maximum absolute atomic E-state index is 4.20. The lowest BCUT2D eigenvalue weighted by atomic mass is 10.2. The van der Waals surface area contributed by atoms with E-state index in [1.54, 1.807) is 11.8 Å². The highest BCUT2D eigenvalue weighted by Crippen LogP contribution is 2.29. The third-order valence-electron chi connectivity index (χ3n) is 3.04. The molecule has 1 aromatic carbocycles. The summed E-state index contributed by atoms with van der Waals surface area (Å²) < 4.78 is 2.73. The standard InChI is InChI=1S/C14H17N7S2/c1-3-7-21-12(16-19-20-21)9-22-14-18-17-13(23-14)15-11-6-4-5-10(2)8-11/h4-6,8H,3,7,9H2,1-2H3,(H,15,17). The Labute approximate surface area is 142 Å². The molecule has 0 atom stereocenters. The van der Waals surface area contributed by atoms with Crippen LogP contribution in [0.1, 0.15) is 24.7 Å². The molecule has 3 rings (SSSR count). The predicted molar refractivity (Wildman–Crippen MR) is 92.0 cm³/mol. The molecule has 3 aromatic rings. The zero-order valence-electron chi connectivity index (χ0n) is 12.9. The molecule has 0 amide bonds. The molecule has 0 radical (unpaired) electrons. The lowest BCUT2D eigenvalue weighted by Crippen LogP contribution is -2.04. The van der Waals surface area contributed by atoms with Crippen molar-refractivity contribution in [2.75, 3.05) is 5.32 Å². The Morgan fingerprint density at radius 2 is 2.17 bits per heavy atom. The zero-order valence-corrected chi connectivity index (χ0v) is 14.6. The SMILES string of the molecule is CCCn1nnnc1CSc1nnc(Nc2cccc(C)c2)s1. The van der Waals surface area contributed by atoms with Gasteiger partial charge in [-0.2, -0.15) is 0 Å². The molecule has 1 N–H and O–H groups in total. The van der Waals surface area contributed by atoms with Crippen LogP contribution in [0.2, 0.25) is 0 Å². The van der Waals surface area contributed by atoms with Crippen LogP contribution < -0.4 is 5.32 Å². The van der Waals surface area contributed by atoms with Crippen molar-refractivity contribution in [1.29, 1.82) is 0 Å². The Bertz CT molecular complexity index is 768. The van der Waals surface area contributed by atoms with Gasteiger partial charge in [0.25, 0.3) is 0 Å². The van der Waals surface area contributed by atoms with Gasteiger partial charge in [-0.1, -0.05) is 42.2 Å². The quantitative estimate of drug-likeness (QED) is 0.657. The molecule has 0 saturated carbocycles. The predicted octanol–water partition coefficient (Wildman–Crippen LogP) is 3.28. The van der Waals surface area contributed by atoms with E-state index in [9.17, 15) is 0 Å². The number of hydrogen-bond acceptors (Lipinski definition) is 8. The van der Waals surface area contributed by atoms with Crippen molar-refractivity contribution in [1.82, 2.24) is 30.4 Å². The van der Waals surface area contributed by atoms with Gasteiger partial charge in [0, 0.05) is 12.2 Å². The van der Waals surface area contributed by atoms with Crippen LogP contribution in [0.5, 0.6) is 0 Å². The van der Waals surface area contributed by atoms with Gasteiger partial charge < -0.3 is 5.32 Å². The minimum Gasteiger partial charge on any atom is -0.330 e. The van der Waals surface area contributed by atoms with Crippen LogP contribution in [-0.4, -0.2) is 30.4 Å². The van der Waals surface area contributed by atoms with E-state index in [0.717, 1.165) is 33.9 Å². The molecule has 0 spiro atoms.